The standard InChI is InChI=1S/C30H36BrN3O5S/c1-5-22(3)32-30(36)23(4)33(20-24-13-12-14-25(31)19-24)29(35)21-34(27-17-10-11-18-28(27)39-6-2)40(37,38)26-15-8-7-9-16-26/h7-19,22-23H,5-6,20-21H2,1-4H3,(H,32,36)/t22-,23-/m1/s1. The van der Waals surface area contributed by atoms with Gasteiger partial charge in [-0.1, -0.05) is 65.3 Å². The summed E-state index contributed by atoms with van der Waals surface area (Å²) in [5.41, 5.74) is 1.03. The van der Waals surface area contributed by atoms with Crippen molar-refractivity contribution >= 4 is 43.5 Å². The fraction of sp³-hybridized carbons (Fsp3) is 0.333. The van der Waals surface area contributed by atoms with Crippen molar-refractivity contribution in [3.05, 3.63) is 88.9 Å². The number of hydrogen-bond acceptors (Lipinski definition) is 5. The van der Waals surface area contributed by atoms with Crippen LogP contribution in [0.15, 0.2) is 88.2 Å². The van der Waals surface area contributed by atoms with Crippen LogP contribution in [0.1, 0.15) is 39.7 Å². The highest BCUT2D eigenvalue weighted by atomic mass is 79.9. The number of halogens is 1. The lowest BCUT2D eigenvalue weighted by Gasteiger charge is -2.33. The smallest absolute Gasteiger partial charge is 0.264 e. The molecule has 0 unspecified atom stereocenters. The van der Waals surface area contributed by atoms with Crippen LogP contribution in [0.25, 0.3) is 0 Å². The van der Waals surface area contributed by atoms with E-state index in [-0.39, 0.29) is 29.1 Å². The van der Waals surface area contributed by atoms with Gasteiger partial charge in [-0.2, -0.15) is 0 Å². The molecule has 0 heterocycles. The summed E-state index contributed by atoms with van der Waals surface area (Å²) >= 11 is 3.46. The van der Waals surface area contributed by atoms with Gasteiger partial charge in [-0.15, -0.1) is 0 Å². The largest absolute Gasteiger partial charge is 0.492 e. The van der Waals surface area contributed by atoms with Crippen molar-refractivity contribution in [3.63, 3.8) is 0 Å². The summed E-state index contributed by atoms with van der Waals surface area (Å²) in [4.78, 5) is 28.7. The van der Waals surface area contributed by atoms with E-state index in [0.29, 0.717) is 12.4 Å². The van der Waals surface area contributed by atoms with Crippen LogP contribution in [0.3, 0.4) is 0 Å². The third kappa shape index (κ3) is 7.85. The number of amides is 2. The van der Waals surface area contributed by atoms with E-state index in [1.54, 1.807) is 56.3 Å². The SMILES string of the molecule is CCOc1ccccc1N(CC(=O)N(Cc1cccc(Br)c1)[C@H](C)C(=O)N[C@H](C)CC)S(=O)(=O)c1ccccc1. The Labute approximate surface area is 245 Å². The quantitative estimate of drug-likeness (QED) is 0.274. The van der Waals surface area contributed by atoms with Gasteiger partial charge in [-0.25, -0.2) is 8.42 Å². The molecule has 3 aromatic carbocycles. The normalized spacial score (nSPS) is 12.7. The summed E-state index contributed by atoms with van der Waals surface area (Å²) in [6.07, 6.45) is 0.731. The molecule has 0 saturated heterocycles. The number of sulfonamides is 1. The van der Waals surface area contributed by atoms with Crippen LogP contribution < -0.4 is 14.4 Å². The maximum absolute atomic E-state index is 14.1. The summed E-state index contributed by atoms with van der Waals surface area (Å²) in [5, 5.41) is 2.93. The highest BCUT2D eigenvalue weighted by molar-refractivity contribution is 9.10. The van der Waals surface area contributed by atoms with E-state index in [9.17, 15) is 18.0 Å². The molecule has 2 amide bonds. The number of carbonyl (C=O) groups is 2. The molecule has 214 valence electrons. The van der Waals surface area contributed by atoms with Gasteiger partial charge in [-0.3, -0.25) is 13.9 Å². The van der Waals surface area contributed by atoms with E-state index in [0.717, 1.165) is 20.8 Å². The number of rotatable bonds is 13. The van der Waals surface area contributed by atoms with E-state index >= 15 is 0 Å². The van der Waals surface area contributed by atoms with Crippen molar-refractivity contribution in [2.75, 3.05) is 17.5 Å². The Hall–Kier alpha value is -3.37. The molecule has 10 heteroatoms. The first kappa shape index (κ1) is 31.2. The first-order valence-electron chi connectivity index (χ1n) is 13.2. The molecule has 0 aliphatic heterocycles. The average Bonchev–Trinajstić information content (AvgIpc) is 2.95. The average molecular weight is 631 g/mol. The number of carbonyl (C=O) groups excluding carboxylic acids is 2. The third-order valence-electron chi connectivity index (χ3n) is 6.45. The lowest BCUT2D eigenvalue weighted by molar-refractivity contribution is -0.139. The second-order valence-corrected chi connectivity index (χ2v) is 12.1. The molecule has 0 radical (unpaired) electrons. The number of anilines is 1. The molecule has 0 saturated carbocycles. The Morgan fingerprint density at radius 2 is 1.62 bits per heavy atom. The third-order valence-corrected chi connectivity index (χ3v) is 8.72. The van der Waals surface area contributed by atoms with Gasteiger partial charge in [0.1, 0.15) is 18.3 Å². The van der Waals surface area contributed by atoms with E-state index in [4.69, 9.17) is 4.74 Å². The minimum Gasteiger partial charge on any atom is -0.492 e. The molecule has 3 aromatic rings. The molecule has 0 bridgehead atoms. The Kier molecular flexibility index (Phi) is 11.2. The van der Waals surface area contributed by atoms with Crippen molar-refractivity contribution in [2.45, 2.75) is 57.6 Å². The Balaban J connectivity index is 2.06. The van der Waals surface area contributed by atoms with Crippen molar-refractivity contribution in [2.24, 2.45) is 0 Å². The lowest BCUT2D eigenvalue weighted by atomic mass is 10.1. The molecule has 1 N–H and O–H groups in total. The predicted molar refractivity (Wildman–Crippen MR) is 161 cm³/mol. The topological polar surface area (TPSA) is 96.0 Å². The number of para-hydroxylation sites is 2. The van der Waals surface area contributed by atoms with Crippen LogP contribution in [0, 0.1) is 0 Å². The number of benzene rings is 3. The zero-order chi connectivity index (χ0) is 29.3. The molecule has 0 aromatic heterocycles. The van der Waals surface area contributed by atoms with Gasteiger partial charge in [0.2, 0.25) is 11.8 Å². The molecule has 0 aliphatic rings. The summed E-state index contributed by atoms with van der Waals surface area (Å²) in [5.74, 6) is -0.513. The van der Waals surface area contributed by atoms with E-state index in [1.165, 1.54) is 17.0 Å². The second kappa shape index (κ2) is 14.3. The van der Waals surface area contributed by atoms with E-state index in [2.05, 4.69) is 21.2 Å². The van der Waals surface area contributed by atoms with Gasteiger partial charge in [0.15, 0.2) is 0 Å². The van der Waals surface area contributed by atoms with Crippen molar-refractivity contribution < 1.29 is 22.7 Å². The highest BCUT2D eigenvalue weighted by Gasteiger charge is 2.34. The van der Waals surface area contributed by atoms with Gasteiger partial charge < -0.3 is 15.0 Å². The lowest BCUT2D eigenvalue weighted by Crippen LogP contribution is -2.52. The molecular formula is C30H36BrN3O5S. The zero-order valence-corrected chi connectivity index (χ0v) is 25.6. The molecule has 0 aliphatic carbocycles. The Morgan fingerprint density at radius 1 is 0.950 bits per heavy atom. The van der Waals surface area contributed by atoms with Crippen LogP contribution in [-0.4, -0.2) is 50.4 Å². The first-order valence-corrected chi connectivity index (χ1v) is 15.5. The van der Waals surface area contributed by atoms with Crippen LogP contribution in [0.2, 0.25) is 0 Å². The summed E-state index contributed by atoms with van der Waals surface area (Å²) in [7, 11) is -4.17. The van der Waals surface area contributed by atoms with Crippen LogP contribution in [-0.2, 0) is 26.2 Å². The number of hydrogen-bond donors (Lipinski definition) is 1. The molecular weight excluding hydrogens is 594 g/mol. The number of ether oxygens (including phenoxy) is 1. The van der Waals surface area contributed by atoms with E-state index < -0.39 is 28.5 Å². The van der Waals surface area contributed by atoms with Gasteiger partial charge in [0.05, 0.1) is 17.2 Å². The molecule has 3 rings (SSSR count). The fourth-order valence-electron chi connectivity index (χ4n) is 4.05. The van der Waals surface area contributed by atoms with Gasteiger partial charge >= 0.3 is 0 Å². The van der Waals surface area contributed by atoms with Crippen LogP contribution in [0.5, 0.6) is 5.75 Å². The minimum atomic E-state index is -4.17. The molecule has 0 spiro atoms. The molecule has 40 heavy (non-hydrogen) atoms. The summed E-state index contributed by atoms with van der Waals surface area (Å²) < 4.78 is 35.5. The predicted octanol–water partition coefficient (Wildman–Crippen LogP) is 5.38. The van der Waals surface area contributed by atoms with Crippen molar-refractivity contribution in [1.82, 2.24) is 10.2 Å². The first-order chi connectivity index (χ1) is 19.1. The maximum Gasteiger partial charge on any atom is 0.264 e. The minimum absolute atomic E-state index is 0.0372. The van der Waals surface area contributed by atoms with Gasteiger partial charge in [0, 0.05) is 17.1 Å². The molecule has 0 fully saturated rings. The van der Waals surface area contributed by atoms with Crippen molar-refractivity contribution in [3.8, 4) is 5.75 Å². The molecule has 2 atom stereocenters. The van der Waals surface area contributed by atoms with Gasteiger partial charge in [0.25, 0.3) is 10.0 Å². The summed E-state index contributed by atoms with van der Waals surface area (Å²) in [6.45, 7) is 7.20. The van der Waals surface area contributed by atoms with Crippen LogP contribution in [0.4, 0.5) is 5.69 Å². The second-order valence-electron chi connectivity index (χ2n) is 9.37. The number of nitrogens with one attached hydrogen (secondary N) is 1. The highest BCUT2D eigenvalue weighted by Crippen LogP contribution is 2.33. The Bertz CT molecular complexity index is 1400. The zero-order valence-electron chi connectivity index (χ0n) is 23.2. The van der Waals surface area contributed by atoms with Crippen LogP contribution >= 0.6 is 15.9 Å². The Morgan fingerprint density at radius 3 is 2.27 bits per heavy atom. The summed E-state index contributed by atoms with van der Waals surface area (Å²) in [6, 6.07) is 21.1. The van der Waals surface area contributed by atoms with E-state index in [1.807, 2.05) is 38.1 Å². The maximum atomic E-state index is 14.1. The monoisotopic (exact) mass is 629 g/mol. The fourth-order valence-corrected chi connectivity index (χ4v) is 5.95. The number of nitrogens with zero attached hydrogens (tertiary/aromatic N) is 2. The van der Waals surface area contributed by atoms with Crippen molar-refractivity contribution in [1.29, 1.82) is 0 Å². The molecule has 8 nitrogen and oxygen atoms in total. The van der Waals surface area contributed by atoms with Gasteiger partial charge in [-0.05, 0) is 69.2 Å².